The minimum absolute atomic E-state index is 0.107. The molecule has 2 rings (SSSR count). The van der Waals surface area contributed by atoms with Crippen molar-refractivity contribution in [2.45, 2.75) is 24.3 Å². The number of hydrogen-bond donors (Lipinski definition) is 0. The van der Waals surface area contributed by atoms with Gasteiger partial charge in [-0.25, -0.2) is 4.98 Å². The van der Waals surface area contributed by atoms with Gasteiger partial charge in [0.25, 0.3) is 0 Å². The van der Waals surface area contributed by atoms with Crippen molar-refractivity contribution in [3.05, 3.63) is 35.5 Å². The molecule has 0 radical (unpaired) electrons. The molecular weight excluding hydrogens is 232 g/mol. The quantitative estimate of drug-likeness (QED) is 0.606. The molecule has 0 saturated heterocycles. The molecule has 17 heavy (non-hydrogen) atoms. The first-order valence-corrected chi connectivity index (χ1v) is 6.45. The molecule has 1 aromatic heterocycles. The number of thioether (sulfide) groups is 1. The van der Waals surface area contributed by atoms with Crippen LogP contribution in [-0.4, -0.2) is 16.5 Å². The molecule has 0 unspecified atom stereocenters. The fraction of sp³-hybridized carbons (Fsp3) is 0.308. The molecular formula is C13H12N2OS. The molecule has 1 aromatic rings. The van der Waals surface area contributed by atoms with E-state index in [1.807, 2.05) is 0 Å². The number of nitrogens with zero attached hydrogens (tertiary/aromatic N) is 2. The SMILES string of the molecule is C=CCSc1nc2c(cc1C#N)C(=O)CCC2. The minimum Gasteiger partial charge on any atom is -0.294 e. The zero-order chi connectivity index (χ0) is 12.3. The minimum atomic E-state index is 0.107. The third kappa shape index (κ3) is 2.40. The molecule has 0 aliphatic heterocycles. The summed E-state index contributed by atoms with van der Waals surface area (Å²) in [4.78, 5) is 16.2. The van der Waals surface area contributed by atoms with E-state index in [1.165, 1.54) is 11.8 Å². The van der Waals surface area contributed by atoms with Gasteiger partial charge >= 0.3 is 0 Å². The van der Waals surface area contributed by atoms with Crippen molar-refractivity contribution in [2.24, 2.45) is 0 Å². The number of hydrogen-bond acceptors (Lipinski definition) is 4. The van der Waals surface area contributed by atoms with E-state index in [1.54, 1.807) is 12.1 Å². The number of aromatic nitrogens is 1. The summed E-state index contributed by atoms with van der Waals surface area (Å²) in [5, 5.41) is 9.77. The molecule has 0 spiro atoms. The van der Waals surface area contributed by atoms with Gasteiger partial charge in [0.15, 0.2) is 5.78 Å². The first-order chi connectivity index (χ1) is 8.26. The highest BCUT2D eigenvalue weighted by Gasteiger charge is 2.20. The van der Waals surface area contributed by atoms with Crippen LogP contribution < -0.4 is 0 Å². The average Bonchev–Trinajstić information content (AvgIpc) is 2.36. The van der Waals surface area contributed by atoms with E-state index in [0.29, 0.717) is 28.3 Å². The summed E-state index contributed by atoms with van der Waals surface area (Å²) < 4.78 is 0. The molecule has 3 nitrogen and oxygen atoms in total. The molecule has 0 bridgehead atoms. The fourth-order valence-electron chi connectivity index (χ4n) is 1.84. The molecule has 4 heteroatoms. The number of nitriles is 1. The first-order valence-electron chi connectivity index (χ1n) is 5.47. The normalized spacial score (nSPS) is 13.9. The van der Waals surface area contributed by atoms with Gasteiger partial charge in [-0.1, -0.05) is 6.08 Å². The number of pyridine rings is 1. The van der Waals surface area contributed by atoms with Crippen molar-refractivity contribution in [1.29, 1.82) is 5.26 Å². The molecule has 86 valence electrons. The molecule has 0 aromatic carbocycles. The highest BCUT2D eigenvalue weighted by molar-refractivity contribution is 7.99. The number of carbonyl (C=O) groups excluding carboxylic acids is 1. The maximum absolute atomic E-state index is 11.7. The van der Waals surface area contributed by atoms with Crippen molar-refractivity contribution < 1.29 is 4.79 Å². The first kappa shape index (κ1) is 11.9. The number of aryl methyl sites for hydroxylation is 1. The van der Waals surface area contributed by atoms with Gasteiger partial charge < -0.3 is 0 Å². The van der Waals surface area contributed by atoms with E-state index < -0.39 is 0 Å². The lowest BCUT2D eigenvalue weighted by molar-refractivity contribution is 0.0971. The third-order valence-corrected chi connectivity index (χ3v) is 3.63. The number of carbonyl (C=O) groups is 1. The second-order valence-corrected chi connectivity index (χ2v) is 4.83. The molecule has 0 saturated carbocycles. The monoisotopic (exact) mass is 244 g/mol. The maximum Gasteiger partial charge on any atom is 0.164 e. The van der Waals surface area contributed by atoms with E-state index in [-0.39, 0.29) is 5.78 Å². The Labute approximate surface area is 105 Å². The topological polar surface area (TPSA) is 53.8 Å². The lowest BCUT2D eigenvalue weighted by atomic mass is 9.94. The Morgan fingerprint density at radius 2 is 2.41 bits per heavy atom. The average molecular weight is 244 g/mol. The van der Waals surface area contributed by atoms with Crippen LogP contribution in [0.3, 0.4) is 0 Å². The van der Waals surface area contributed by atoms with Crippen LogP contribution in [0.4, 0.5) is 0 Å². The Balaban J connectivity index is 2.44. The maximum atomic E-state index is 11.7. The van der Waals surface area contributed by atoms with Crippen LogP contribution in [0.5, 0.6) is 0 Å². The Morgan fingerprint density at radius 1 is 1.59 bits per heavy atom. The number of fused-ring (bicyclic) bond motifs is 1. The summed E-state index contributed by atoms with van der Waals surface area (Å²) in [5.74, 6) is 0.824. The third-order valence-electron chi connectivity index (χ3n) is 2.64. The summed E-state index contributed by atoms with van der Waals surface area (Å²) in [7, 11) is 0. The van der Waals surface area contributed by atoms with Crippen LogP contribution in [0.15, 0.2) is 23.7 Å². The molecule has 1 aliphatic rings. The second-order valence-electron chi connectivity index (χ2n) is 3.82. The molecule has 0 atom stereocenters. The standard InChI is InChI=1S/C13H12N2OS/c1-2-6-17-13-9(8-14)7-10-11(15-13)4-3-5-12(10)16/h2,7H,1,3-6H2. The summed E-state index contributed by atoms with van der Waals surface area (Å²) in [6.07, 6.45) is 4.03. The summed E-state index contributed by atoms with van der Waals surface area (Å²) in [6, 6.07) is 3.80. The Morgan fingerprint density at radius 3 is 3.12 bits per heavy atom. The van der Waals surface area contributed by atoms with Gasteiger partial charge in [0.2, 0.25) is 0 Å². The van der Waals surface area contributed by atoms with Gasteiger partial charge in [0, 0.05) is 17.7 Å². The lowest BCUT2D eigenvalue weighted by Crippen LogP contribution is -2.13. The zero-order valence-electron chi connectivity index (χ0n) is 9.40. The van der Waals surface area contributed by atoms with E-state index in [2.05, 4.69) is 17.6 Å². The predicted octanol–water partition coefficient (Wildman–Crippen LogP) is 2.75. The number of Topliss-reactive ketones (excluding diaryl/α,β-unsaturated/α-hetero) is 1. The highest BCUT2D eigenvalue weighted by Crippen LogP contribution is 2.27. The highest BCUT2D eigenvalue weighted by atomic mass is 32.2. The van der Waals surface area contributed by atoms with Gasteiger partial charge in [-0.2, -0.15) is 5.26 Å². The molecule has 0 N–H and O–H groups in total. The molecule has 1 heterocycles. The fourth-order valence-corrected chi connectivity index (χ4v) is 2.55. The van der Waals surface area contributed by atoms with Gasteiger partial charge in [-0.05, 0) is 18.9 Å². The lowest BCUT2D eigenvalue weighted by Gasteiger charge is -2.15. The van der Waals surface area contributed by atoms with Gasteiger partial charge in [-0.15, -0.1) is 18.3 Å². The van der Waals surface area contributed by atoms with E-state index in [0.717, 1.165) is 18.5 Å². The smallest absolute Gasteiger partial charge is 0.164 e. The van der Waals surface area contributed by atoms with Gasteiger partial charge in [0.05, 0.1) is 11.3 Å². The summed E-state index contributed by atoms with van der Waals surface area (Å²) in [6.45, 7) is 3.65. The predicted molar refractivity (Wildman–Crippen MR) is 67.1 cm³/mol. The van der Waals surface area contributed by atoms with E-state index in [9.17, 15) is 4.79 Å². The van der Waals surface area contributed by atoms with Gasteiger partial charge in [0.1, 0.15) is 11.1 Å². The van der Waals surface area contributed by atoms with Crippen molar-refractivity contribution in [3.8, 4) is 6.07 Å². The van der Waals surface area contributed by atoms with Crippen LogP contribution in [-0.2, 0) is 6.42 Å². The summed E-state index contributed by atoms with van der Waals surface area (Å²) in [5.41, 5.74) is 1.97. The molecule has 0 amide bonds. The van der Waals surface area contributed by atoms with Crippen LogP contribution in [0.25, 0.3) is 0 Å². The van der Waals surface area contributed by atoms with Crippen molar-refractivity contribution in [3.63, 3.8) is 0 Å². The van der Waals surface area contributed by atoms with Gasteiger partial charge in [-0.3, -0.25) is 4.79 Å². The van der Waals surface area contributed by atoms with Crippen molar-refractivity contribution in [1.82, 2.24) is 4.98 Å². The number of rotatable bonds is 3. The summed E-state index contributed by atoms with van der Waals surface area (Å²) >= 11 is 1.48. The number of ketones is 1. The Kier molecular flexibility index (Phi) is 3.60. The zero-order valence-corrected chi connectivity index (χ0v) is 10.2. The van der Waals surface area contributed by atoms with Crippen molar-refractivity contribution >= 4 is 17.5 Å². The van der Waals surface area contributed by atoms with Crippen LogP contribution in [0.1, 0.15) is 34.5 Å². The molecule has 0 fully saturated rings. The van der Waals surface area contributed by atoms with Crippen LogP contribution >= 0.6 is 11.8 Å². The Hall–Kier alpha value is -1.60. The Bertz CT molecular complexity index is 517. The van der Waals surface area contributed by atoms with E-state index >= 15 is 0 Å². The van der Waals surface area contributed by atoms with E-state index in [4.69, 9.17) is 5.26 Å². The second kappa shape index (κ2) is 5.15. The van der Waals surface area contributed by atoms with Crippen LogP contribution in [0.2, 0.25) is 0 Å². The largest absolute Gasteiger partial charge is 0.294 e. The van der Waals surface area contributed by atoms with Crippen molar-refractivity contribution in [2.75, 3.05) is 5.75 Å². The molecule has 1 aliphatic carbocycles. The van der Waals surface area contributed by atoms with Crippen LogP contribution in [0, 0.1) is 11.3 Å².